The summed E-state index contributed by atoms with van der Waals surface area (Å²) in [6.07, 6.45) is 1.74. The molecule has 9 heteroatoms. The van der Waals surface area contributed by atoms with Gasteiger partial charge in [-0.25, -0.2) is 12.8 Å². The molecular formula is C14H17FN4O3S. The van der Waals surface area contributed by atoms with E-state index in [1.54, 1.807) is 11.6 Å². The van der Waals surface area contributed by atoms with Crippen LogP contribution in [0, 0.1) is 5.82 Å². The Morgan fingerprint density at radius 2 is 2.17 bits per heavy atom. The van der Waals surface area contributed by atoms with Crippen LogP contribution in [-0.2, 0) is 21.8 Å². The number of hydrogen-bond donors (Lipinski definition) is 0. The Labute approximate surface area is 133 Å². The van der Waals surface area contributed by atoms with Crippen molar-refractivity contribution in [3.05, 3.63) is 42.2 Å². The average Bonchev–Trinajstić information content (AvgIpc) is 3.13. The van der Waals surface area contributed by atoms with Gasteiger partial charge >= 0.3 is 0 Å². The number of rotatable bonds is 4. The van der Waals surface area contributed by atoms with Gasteiger partial charge in [0, 0.05) is 20.7 Å². The Morgan fingerprint density at radius 3 is 2.78 bits per heavy atom. The highest BCUT2D eigenvalue weighted by Crippen LogP contribution is 2.36. The first-order chi connectivity index (χ1) is 10.9. The van der Waals surface area contributed by atoms with Crippen LogP contribution in [0.25, 0.3) is 0 Å². The van der Waals surface area contributed by atoms with E-state index in [-0.39, 0.29) is 17.5 Å². The van der Waals surface area contributed by atoms with Gasteiger partial charge in [0.1, 0.15) is 12.1 Å². The van der Waals surface area contributed by atoms with Crippen molar-refractivity contribution in [2.24, 2.45) is 7.05 Å². The maximum absolute atomic E-state index is 13.4. The first kappa shape index (κ1) is 16.0. The van der Waals surface area contributed by atoms with Gasteiger partial charge in [-0.2, -0.15) is 4.31 Å². The summed E-state index contributed by atoms with van der Waals surface area (Å²) in [6.45, 7) is 0.187. The number of hydrogen-bond acceptors (Lipinski definition) is 5. The molecular weight excluding hydrogens is 323 g/mol. The van der Waals surface area contributed by atoms with Crippen molar-refractivity contribution >= 4 is 10.0 Å². The maximum Gasteiger partial charge on any atom is 0.243 e. The molecule has 1 fully saturated rings. The van der Waals surface area contributed by atoms with E-state index < -0.39 is 21.9 Å². The summed E-state index contributed by atoms with van der Waals surface area (Å²) >= 11 is 0. The Kier molecular flexibility index (Phi) is 4.17. The van der Waals surface area contributed by atoms with Gasteiger partial charge in [-0.1, -0.05) is 6.07 Å². The van der Waals surface area contributed by atoms with Crippen molar-refractivity contribution in [3.8, 4) is 0 Å². The molecule has 2 atom stereocenters. The standard InChI is InChI=1S/C14H17FN4O3S/c1-18-9-16-17-14(18)13-7-11(22-2)8-19(13)23(20,21)12-5-3-4-10(15)6-12/h3-6,9,11,13H,7-8H2,1-2H3/t11-,13+/m1/s1. The fraction of sp³-hybridized carbons (Fsp3) is 0.429. The second-order valence-corrected chi connectivity index (χ2v) is 7.33. The van der Waals surface area contributed by atoms with Crippen molar-refractivity contribution in [1.29, 1.82) is 0 Å². The number of halogens is 1. The van der Waals surface area contributed by atoms with Gasteiger partial charge in [-0.3, -0.25) is 0 Å². The van der Waals surface area contributed by atoms with Gasteiger partial charge in [0.05, 0.1) is 17.0 Å². The van der Waals surface area contributed by atoms with E-state index in [0.29, 0.717) is 12.2 Å². The Hall–Kier alpha value is -1.84. The molecule has 0 saturated carbocycles. The highest BCUT2D eigenvalue weighted by atomic mass is 32.2. The van der Waals surface area contributed by atoms with Crippen LogP contribution in [-0.4, -0.2) is 47.2 Å². The van der Waals surface area contributed by atoms with Crippen LogP contribution in [0.4, 0.5) is 4.39 Å². The zero-order valence-electron chi connectivity index (χ0n) is 12.8. The molecule has 2 heterocycles. The summed E-state index contributed by atoms with van der Waals surface area (Å²) < 4.78 is 47.6. The quantitative estimate of drug-likeness (QED) is 0.833. The lowest BCUT2D eigenvalue weighted by Crippen LogP contribution is -2.33. The monoisotopic (exact) mass is 340 g/mol. The van der Waals surface area contributed by atoms with Gasteiger partial charge in [-0.15, -0.1) is 10.2 Å². The Bertz CT molecular complexity index is 808. The fourth-order valence-electron chi connectivity index (χ4n) is 2.80. The number of methoxy groups -OCH3 is 1. The summed E-state index contributed by atoms with van der Waals surface area (Å²) in [4.78, 5) is -0.0820. The third kappa shape index (κ3) is 2.87. The zero-order valence-corrected chi connectivity index (χ0v) is 13.6. The SMILES string of the molecule is CO[C@@H]1C[C@@H](c2nncn2C)N(S(=O)(=O)c2cccc(F)c2)C1. The second kappa shape index (κ2) is 5.99. The molecule has 0 radical (unpaired) electrons. The van der Waals surface area contributed by atoms with E-state index >= 15 is 0 Å². The lowest BCUT2D eigenvalue weighted by Gasteiger charge is -2.23. The van der Waals surface area contributed by atoms with Gasteiger partial charge < -0.3 is 9.30 Å². The summed E-state index contributed by atoms with van der Waals surface area (Å²) in [6, 6.07) is 4.49. The summed E-state index contributed by atoms with van der Waals surface area (Å²) in [5.41, 5.74) is 0. The minimum Gasteiger partial charge on any atom is -0.380 e. The van der Waals surface area contributed by atoms with E-state index in [4.69, 9.17) is 4.74 Å². The van der Waals surface area contributed by atoms with Crippen LogP contribution in [0.2, 0.25) is 0 Å². The van der Waals surface area contributed by atoms with Gasteiger partial charge in [0.15, 0.2) is 5.82 Å². The molecule has 1 aliphatic heterocycles. The summed E-state index contributed by atoms with van der Waals surface area (Å²) in [7, 11) is -0.573. The van der Waals surface area contributed by atoms with Gasteiger partial charge in [0.2, 0.25) is 10.0 Å². The molecule has 0 aliphatic carbocycles. The molecule has 0 N–H and O–H groups in total. The van der Waals surface area contributed by atoms with Crippen LogP contribution >= 0.6 is 0 Å². The molecule has 0 bridgehead atoms. The number of aryl methyl sites for hydroxylation is 1. The lowest BCUT2D eigenvalue weighted by atomic mass is 10.2. The zero-order chi connectivity index (χ0) is 16.6. The lowest BCUT2D eigenvalue weighted by molar-refractivity contribution is 0.114. The summed E-state index contributed by atoms with van der Waals surface area (Å²) in [5, 5.41) is 7.83. The van der Waals surface area contributed by atoms with E-state index in [2.05, 4.69) is 10.2 Å². The van der Waals surface area contributed by atoms with Crippen LogP contribution in [0.15, 0.2) is 35.5 Å². The van der Waals surface area contributed by atoms with Crippen LogP contribution in [0.3, 0.4) is 0 Å². The molecule has 1 aliphatic rings. The van der Waals surface area contributed by atoms with Crippen LogP contribution < -0.4 is 0 Å². The molecule has 2 aromatic rings. The van der Waals surface area contributed by atoms with Crippen molar-refractivity contribution < 1.29 is 17.5 Å². The predicted molar refractivity (Wildman–Crippen MR) is 79.4 cm³/mol. The summed E-state index contributed by atoms with van der Waals surface area (Å²) in [5.74, 6) is -0.0618. The van der Waals surface area contributed by atoms with E-state index in [1.165, 1.54) is 35.9 Å². The molecule has 0 spiro atoms. The largest absolute Gasteiger partial charge is 0.380 e. The number of ether oxygens (including phenoxy) is 1. The van der Waals surface area contributed by atoms with Crippen molar-refractivity contribution in [2.45, 2.75) is 23.5 Å². The van der Waals surface area contributed by atoms with Gasteiger partial charge in [-0.05, 0) is 24.6 Å². The molecule has 3 rings (SSSR count). The minimum absolute atomic E-state index is 0.0820. The molecule has 0 unspecified atom stereocenters. The number of nitrogens with zero attached hydrogens (tertiary/aromatic N) is 4. The Morgan fingerprint density at radius 1 is 1.39 bits per heavy atom. The first-order valence-electron chi connectivity index (χ1n) is 7.07. The van der Waals surface area contributed by atoms with Crippen molar-refractivity contribution in [2.75, 3.05) is 13.7 Å². The number of benzene rings is 1. The van der Waals surface area contributed by atoms with Crippen molar-refractivity contribution in [1.82, 2.24) is 19.1 Å². The normalized spacial score (nSPS) is 22.6. The van der Waals surface area contributed by atoms with E-state index in [0.717, 1.165) is 6.07 Å². The smallest absolute Gasteiger partial charge is 0.243 e. The maximum atomic E-state index is 13.4. The molecule has 1 aromatic heterocycles. The Balaban J connectivity index is 2.03. The molecule has 7 nitrogen and oxygen atoms in total. The number of sulfonamides is 1. The average molecular weight is 340 g/mol. The molecule has 124 valence electrons. The first-order valence-corrected chi connectivity index (χ1v) is 8.51. The third-order valence-corrected chi connectivity index (χ3v) is 5.87. The van der Waals surface area contributed by atoms with E-state index in [1.807, 2.05) is 0 Å². The third-order valence-electron chi connectivity index (χ3n) is 4.00. The van der Waals surface area contributed by atoms with Gasteiger partial charge in [0.25, 0.3) is 0 Å². The second-order valence-electron chi connectivity index (χ2n) is 5.44. The fourth-order valence-corrected chi connectivity index (χ4v) is 4.46. The van der Waals surface area contributed by atoms with Crippen molar-refractivity contribution in [3.63, 3.8) is 0 Å². The topological polar surface area (TPSA) is 77.3 Å². The minimum atomic E-state index is -3.86. The highest BCUT2D eigenvalue weighted by Gasteiger charge is 2.43. The molecule has 1 saturated heterocycles. The van der Waals surface area contributed by atoms with Crippen LogP contribution in [0.5, 0.6) is 0 Å². The highest BCUT2D eigenvalue weighted by molar-refractivity contribution is 7.89. The molecule has 0 amide bonds. The molecule has 23 heavy (non-hydrogen) atoms. The number of aromatic nitrogens is 3. The predicted octanol–water partition coefficient (Wildman–Crippen LogP) is 1.10. The van der Waals surface area contributed by atoms with E-state index in [9.17, 15) is 12.8 Å². The van der Waals surface area contributed by atoms with Crippen LogP contribution in [0.1, 0.15) is 18.3 Å². The molecule has 1 aromatic carbocycles.